The fourth-order valence-electron chi connectivity index (χ4n) is 3.46. The van der Waals surface area contributed by atoms with E-state index in [1.54, 1.807) is 18.2 Å². The third-order valence-electron chi connectivity index (χ3n) is 5.02. The smallest absolute Gasteiger partial charge is 0.357 e. The zero-order chi connectivity index (χ0) is 23.4. The lowest BCUT2D eigenvalue weighted by atomic mass is 10.1. The SMILES string of the molecule is COc1cc(/C=C\c2[nH]c(=O)[nH]c(=O)c2[N+](=O)[O-])ccc1OCc1cccc2ccccc12. The van der Waals surface area contributed by atoms with Crippen molar-refractivity contribution in [1.82, 2.24) is 9.97 Å². The van der Waals surface area contributed by atoms with Gasteiger partial charge >= 0.3 is 16.9 Å². The molecule has 0 saturated carbocycles. The van der Waals surface area contributed by atoms with E-state index < -0.39 is 21.9 Å². The lowest BCUT2D eigenvalue weighted by Gasteiger charge is -2.13. The average molecular weight is 445 g/mol. The molecule has 166 valence electrons. The maximum Gasteiger partial charge on any atom is 0.357 e. The number of aromatic amines is 2. The van der Waals surface area contributed by atoms with Crippen LogP contribution in [0.1, 0.15) is 16.8 Å². The van der Waals surface area contributed by atoms with Gasteiger partial charge in [0.2, 0.25) is 0 Å². The van der Waals surface area contributed by atoms with Gasteiger partial charge in [-0.1, -0.05) is 54.6 Å². The van der Waals surface area contributed by atoms with E-state index in [4.69, 9.17) is 9.47 Å². The van der Waals surface area contributed by atoms with E-state index in [0.29, 0.717) is 23.7 Å². The van der Waals surface area contributed by atoms with Gasteiger partial charge in [-0.3, -0.25) is 19.9 Å². The summed E-state index contributed by atoms with van der Waals surface area (Å²) >= 11 is 0. The van der Waals surface area contributed by atoms with Gasteiger partial charge < -0.3 is 14.5 Å². The number of nitrogens with zero attached hydrogens (tertiary/aromatic N) is 1. The number of aromatic nitrogens is 2. The Morgan fingerprint density at radius 2 is 1.76 bits per heavy atom. The number of H-pyrrole nitrogens is 2. The second-order valence-corrected chi connectivity index (χ2v) is 7.10. The Balaban J connectivity index is 1.58. The van der Waals surface area contributed by atoms with Gasteiger partial charge in [0.25, 0.3) is 0 Å². The van der Waals surface area contributed by atoms with Gasteiger partial charge in [0, 0.05) is 0 Å². The fourth-order valence-corrected chi connectivity index (χ4v) is 3.46. The predicted octanol–water partition coefficient (Wildman–Crippen LogP) is 3.88. The average Bonchev–Trinajstić information content (AvgIpc) is 2.80. The zero-order valence-electron chi connectivity index (χ0n) is 17.5. The molecule has 0 spiro atoms. The summed E-state index contributed by atoms with van der Waals surface area (Å²) in [6, 6.07) is 19.2. The Morgan fingerprint density at radius 3 is 2.55 bits per heavy atom. The maximum absolute atomic E-state index is 11.7. The first-order valence-electron chi connectivity index (χ1n) is 9.93. The van der Waals surface area contributed by atoms with Crippen LogP contribution < -0.4 is 20.7 Å². The Kier molecular flexibility index (Phi) is 6.03. The first-order chi connectivity index (χ1) is 16.0. The van der Waals surface area contributed by atoms with Crippen molar-refractivity contribution < 1.29 is 14.4 Å². The summed E-state index contributed by atoms with van der Waals surface area (Å²) in [7, 11) is 1.51. The number of nitro groups is 1. The summed E-state index contributed by atoms with van der Waals surface area (Å²) < 4.78 is 11.4. The van der Waals surface area contributed by atoms with Gasteiger partial charge in [0.05, 0.1) is 12.0 Å². The normalized spacial score (nSPS) is 11.1. The number of rotatable bonds is 7. The van der Waals surface area contributed by atoms with Crippen LogP contribution in [-0.4, -0.2) is 22.0 Å². The highest BCUT2D eigenvalue weighted by atomic mass is 16.6. The maximum atomic E-state index is 11.7. The molecule has 0 saturated heterocycles. The van der Waals surface area contributed by atoms with Crippen molar-refractivity contribution >= 4 is 28.6 Å². The molecule has 0 bridgehead atoms. The zero-order valence-corrected chi connectivity index (χ0v) is 17.5. The van der Waals surface area contributed by atoms with Crippen LogP contribution in [0.15, 0.2) is 70.3 Å². The molecule has 0 fully saturated rings. The van der Waals surface area contributed by atoms with E-state index in [9.17, 15) is 19.7 Å². The van der Waals surface area contributed by atoms with Crippen LogP contribution in [0.5, 0.6) is 11.5 Å². The Labute approximate surface area is 187 Å². The molecule has 0 amide bonds. The van der Waals surface area contributed by atoms with Gasteiger partial charge in [-0.05, 0) is 40.1 Å². The summed E-state index contributed by atoms with van der Waals surface area (Å²) in [6.45, 7) is 0.340. The van der Waals surface area contributed by atoms with E-state index in [2.05, 4.69) is 4.98 Å². The van der Waals surface area contributed by atoms with Crippen LogP contribution in [-0.2, 0) is 6.61 Å². The Hall–Kier alpha value is -4.66. The first-order valence-corrected chi connectivity index (χ1v) is 9.93. The highest BCUT2D eigenvalue weighted by Gasteiger charge is 2.18. The van der Waals surface area contributed by atoms with Crippen LogP contribution in [0, 0.1) is 10.1 Å². The number of hydrogen-bond acceptors (Lipinski definition) is 6. The van der Waals surface area contributed by atoms with E-state index in [-0.39, 0.29) is 5.69 Å². The van der Waals surface area contributed by atoms with Crippen LogP contribution >= 0.6 is 0 Å². The lowest BCUT2D eigenvalue weighted by Crippen LogP contribution is -2.25. The number of methoxy groups -OCH3 is 1. The summed E-state index contributed by atoms with van der Waals surface area (Å²) in [5, 5.41) is 13.4. The van der Waals surface area contributed by atoms with Crippen molar-refractivity contribution in [2.45, 2.75) is 6.61 Å². The second kappa shape index (κ2) is 9.23. The quantitative estimate of drug-likeness (QED) is 0.328. The largest absolute Gasteiger partial charge is 0.493 e. The van der Waals surface area contributed by atoms with Crippen LogP contribution in [0.2, 0.25) is 0 Å². The molecule has 2 N–H and O–H groups in total. The molecule has 4 aromatic rings. The monoisotopic (exact) mass is 445 g/mol. The van der Waals surface area contributed by atoms with Crippen molar-refractivity contribution in [3.8, 4) is 11.5 Å². The molecule has 0 aliphatic rings. The first kappa shape index (κ1) is 21.6. The minimum absolute atomic E-state index is 0.205. The lowest BCUT2D eigenvalue weighted by molar-refractivity contribution is -0.386. The molecular weight excluding hydrogens is 426 g/mol. The minimum Gasteiger partial charge on any atom is -0.493 e. The van der Waals surface area contributed by atoms with Crippen molar-refractivity contribution in [3.05, 3.63) is 108 Å². The third-order valence-corrected chi connectivity index (χ3v) is 5.02. The van der Waals surface area contributed by atoms with Gasteiger partial charge in [0.15, 0.2) is 11.5 Å². The van der Waals surface area contributed by atoms with Gasteiger partial charge in [0.1, 0.15) is 12.3 Å². The number of hydrogen-bond donors (Lipinski definition) is 2. The number of ether oxygens (including phenoxy) is 2. The Morgan fingerprint density at radius 1 is 0.970 bits per heavy atom. The highest BCUT2D eigenvalue weighted by molar-refractivity contribution is 5.85. The minimum atomic E-state index is -1.07. The van der Waals surface area contributed by atoms with Crippen molar-refractivity contribution in [3.63, 3.8) is 0 Å². The van der Waals surface area contributed by atoms with E-state index in [1.165, 1.54) is 19.3 Å². The van der Waals surface area contributed by atoms with Crippen molar-refractivity contribution in [1.29, 1.82) is 0 Å². The van der Waals surface area contributed by atoms with Gasteiger partial charge in [-0.2, -0.15) is 0 Å². The molecule has 0 unspecified atom stereocenters. The van der Waals surface area contributed by atoms with Gasteiger partial charge in [-0.15, -0.1) is 0 Å². The molecule has 1 aromatic heterocycles. The molecular formula is C24H19N3O6. The van der Waals surface area contributed by atoms with E-state index >= 15 is 0 Å². The van der Waals surface area contributed by atoms with Crippen LogP contribution in [0.25, 0.3) is 22.9 Å². The summed E-state index contributed by atoms with van der Waals surface area (Å²) in [5.41, 5.74) is -1.19. The fraction of sp³-hybridized carbons (Fsp3) is 0.0833. The summed E-state index contributed by atoms with van der Waals surface area (Å²) in [6.07, 6.45) is 2.81. The molecule has 9 nitrogen and oxygen atoms in total. The topological polar surface area (TPSA) is 127 Å². The van der Waals surface area contributed by atoms with Crippen LogP contribution in [0.3, 0.4) is 0 Å². The molecule has 3 aromatic carbocycles. The van der Waals surface area contributed by atoms with Gasteiger partial charge in [-0.25, -0.2) is 4.79 Å². The number of fused-ring (bicyclic) bond motifs is 1. The standard InChI is InChI=1S/C24H19N3O6/c1-32-21-13-15(9-11-19-22(27(30)31)23(28)26-24(29)25-19)10-12-20(21)33-14-17-7-4-6-16-5-2-3-8-18(16)17/h2-13H,14H2,1H3,(H2,25,26,28,29)/b11-9-. The number of benzene rings is 3. The highest BCUT2D eigenvalue weighted by Crippen LogP contribution is 2.30. The predicted molar refractivity (Wildman–Crippen MR) is 125 cm³/mol. The van der Waals surface area contributed by atoms with E-state index in [1.807, 2.05) is 47.4 Å². The van der Waals surface area contributed by atoms with Crippen LogP contribution in [0.4, 0.5) is 5.69 Å². The molecule has 0 aliphatic carbocycles. The molecule has 33 heavy (non-hydrogen) atoms. The molecule has 0 aliphatic heterocycles. The molecule has 4 rings (SSSR count). The second-order valence-electron chi connectivity index (χ2n) is 7.10. The number of nitrogens with one attached hydrogen (secondary N) is 2. The molecule has 9 heteroatoms. The summed E-state index contributed by atoms with van der Waals surface area (Å²) in [4.78, 5) is 37.7. The third kappa shape index (κ3) is 4.67. The molecule has 1 heterocycles. The van der Waals surface area contributed by atoms with Crippen molar-refractivity contribution in [2.75, 3.05) is 7.11 Å². The van der Waals surface area contributed by atoms with Crippen molar-refractivity contribution in [2.24, 2.45) is 0 Å². The Bertz CT molecular complexity index is 1480. The molecule has 0 atom stereocenters. The molecule has 0 radical (unpaired) electrons. The summed E-state index contributed by atoms with van der Waals surface area (Å²) in [5.74, 6) is 0.990. The van der Waals surface area contributed by atoms with E-state index in [0.717, 1.165) is 16.3 Å².